The van der Waals surface area contributed by atoms with E-state index < -0.39 is 0 Å². The summed E-state index contributed by atoms with van der Waals surface area (Å²) in [4.78, 5) is 12.3. The fraction of sp³-hybridized carbons (Fsp3) is 0.824. The molecular formula is C17H26N4OS2. The van der Waals surface area contributed by atoms with Crippen LogP contribution in [0.3, 0.4) is 0 Å². The number of hydrogen-bond donors (Lipinski definition) is 2. The number of amides is 2. The van der Waals surface area contributed by atoms with Crippen molar-refractivity contribution in [3.63, 3.8) is 0 Å². The Morgan fingerprint density at radius 1 is 1.21 bits per heavy atom. The van der Waals surface area contributed by atoms with Crippen LogP contribution in [0.2, 0.25) is 0 Å². The van der Waals surface area contributed by atoms with Crippen LogP contribution in [-0.4, -0.2) is 34.1 Å². The van der Waals surface area contributed by atoms with Crippen molar-refractivity contribution in [1.82, 2.24) is 20.8 Å². The highest BCUT2D eigenvalue weighted by atomic mass is 32.2. The predicted octanol–water partition coefficient (Wildman–Crippen LogP) is 3.60. The molecular weight excluding hydrogens is 340 g/mol. The van der Waals surface area contributed by atoms with Crippen LogP contribution in [-0.2, 0) is 0 Å². The molecule has 2 amide bonds. The molecule has 7 heteroatoms. The molecule has 0 radical (unpaired) electrons. The van der Waals surface area contributed by atoms with E-state index in [0.29, 0.717) is 0 Å². The highest BCUT2D eigenvalue weighted by molar-refractivity contribution is 8.01. The van der Waals surface area contributed by atoms with Crippen LogP contribution in [0.25, 0.3) is 0 Å². The first-order valence-corrected chi connectivity index (χ1v) is 10.9. The molecule has 0 aliphatic heterocycles. The Labute approximate surface area is 151 Å². The van der Waals surface area contributed by atoms with E-state index in [4.69, 9.17) is 0 Å². The first-order valence-electron chi connectivity index (χ1n) is 9.09. The maximum Gasteiger partial charge on any atom is 0.315 e. The van der Waals surface area contributed by atoms with Crippen LogP contribution in [0.4, 0.5) is 4.79 Å². The van der Waals surface area contributed by atoms with Gasteiger partial charge in [0, 0.05) is 17.8 Å². The smallest absolute Gasteiger partial charge is 0.315 e. The van der Waals surface area contributed by atoms with Crippen LogP contribution < -0.4 is 10.6 Å². The maximum absolute atomic E-state index is 12.3. The quantitative estimate of drug-likeness (QED) is 0.596. The minimum absolute atomic E-state index is 0.0358. The lowest BCUT2D eigenvalue weighted by Gasteiger charge is -2.56. The summed E-state index contributed by atoms with van der Waals surface area (Å²) in [6.07, 6.45) is 8.80. The van der Waals surface area contributed by atoms with Crippen molar-refractivity contribution in [1.29, 1.82) is 0 Å². The zero-order valence-electron chi connectivity index (χ0n) is 14.2. The first kappa shape index (κ1) is 16.6. The van der Waals surface area contributed by atoms with Crippen LogP contribution >= 0.6 is 23.1 Å². The molecule has 0 aromatic carbocycles. The molecule has 2 N–H and O–H groups in total. The standard InChI is InChI=1S/C17H26N4OS2/c1-11-20-21-16(24-11)23-4-2-3-18-15(22)19-17-8-12-5-13(9-17)7-14(6-12)10-17/h12-14H,2-10H2,1H3,(H2,18,19,22). The van der Waals surface area contributed by atoms with Crippen molar-refractivity contribution in [2.24, 2.45) is 17.8 Å². The Hall–Kier alpha value is -0.820. The largest absolute Gasteiger partial charge is 0.338 e. The van der Waals surface area contributed by atoms with E-state index in [1.165, 1.54) is 38.5 Å². The van der Waals surface area contributed by atoms with Crippen LogP contribution in [0.5, 0.6) is 0 Å². The van der Waals surface area contributed by atoms with Gasteiger partial charge in [0.2, 0.25) is 0 Å². The van der Waals surface area contributed by atoms with E-state index in [9.17, 15) is 4.79 Å². The molecule has 1 aromatic heterocycles. The summed E-state index contributed by atoms with van der Waals surface area (Å²) in [5, 5.41) is 15.5. The van der Waals surface area contributed by atoms with Crippen molar-refractivity contribution in [2.45, 2.75) is 61.7 Å². The monoisotopic (exact) mass is 366 g/mol. The summed E-state index contributed by atoms with van der Waals surface area (Å²) < 4.78 is 1.02. The van der Waals surface area contributed by atoms with E-state index in [1.54, 1.807) is 23.1 Å². The third-order valence-corrected chi connectivity index (χ3v) is 7.81. The molecule has 0 unspecified atom stereocenters. The van der Waals surface area contributed by atoms with Gasteiger partial charge >= 0.3 is 6.03 Å². The molecule has 0 saturated heterocycles. The molecule has 24 heavy (non-hydrogen) atoms. The van der Waals surface area contributed by atoms with Gasteiger partial charge in [0.05, 0.1) is 0 Å². The summed E-state index contributed by atoms with van der Waals surface area (Å²) >= 11 is 3.35. The number of hydrogen-bond acceptors (Lipinski definition) is 5. The van der Waals surface area contributed by atoms with Crippen molar-refractivity contribution >= 4 is 29.1 Å². The van der Waals surface area contributed by atoms with Gasteiger partial charge in [-0.15, -0.1) is 10.2 Å². The van der Waals surface area contributed by atoms with Gasteiger partial charge in [0.15, 0.2) is 4.34 Å². The molecule has 0 atom stereocenters. The zero-order chi connectivity index (χ0) is 16.6. The van der Waals surface area contributed by atoms with Crippen LogP contribution in [0, 0.1) is 24.7 Å². The lowest BCUT2D eigenvalue weighted by molar-refractivity contribution is -0.0135. The Bertz CT molecular complexity index is 568. The second kappa shape index (κ2) is 6.83. The number of thioether (sulfide) groups is 1. The number of nitrogens with zero attached hydrogens (tertiary/aromatic N) is 2. The molecule has 132 valence electrons. The fourth-order valence-corrected chi connectivity index (χ4v) is 7.14. The summed E-state index contributed by atoms with van der Waals surface area (Å²) in [7, 11) is 0. The maximum atomic E-state index is 12.3. The number of aryl methyl sites for hydroxylation is 1. The van der Waals surface area contributed by atoms with Gasteiger partial charge in [-0.1, -0.05) is 23.1 Å². The molecule has 4 aliphatic rings. The number of urea groups is 1. The molecule has 4 aliphatic carbocycles. The summed E-state index contributed by atoms with van der Waals surface area (Å²) in [5.41, 5.74) is 0.109. The molecule has 5 rings (SSSR count). The second-order valence-corrected chi connectivity index (χ2v) is 10.4. The Kier molecular flexibility index (Phi) is 4.73. The summed E-state index contributed by atoms with van der Waals surface area (Å²) in [5.74, 6) is 3.56. The number of aromatic nitrogens is 2. The topological polar surface area (TPSA) is 66.9 Å². The lowest BCUT2D eigenvalue weighted by atomic mass is 9.53. The van der Waals surface area contributed by atoms with Gasteiger partial charge in [0.1, 0.15) is 5.01 Å². The Morgan fingerprint density at radius 2 is 1.88 bits per heavy atom. The average Bonchev–Trinajstić information content (AvgIpc) is 2.90. The molecule has 0 spiro atoms. The van der Waals surface area contributed by atoms with Crippen molar-refractivity contribution in [3.05, 3.63) is 5.01 Å². The van der Waals surface area contributed by atoms with E-state index >= 15 is 0 Å². The molecule has 1 heterocycles. The molecule has 1 aromatic rings. The van der Waals surface area contributed by atoms with Crippen molar-refractivity contribution in [2.75, 3.05) is 12.3 Å². The van der Waals surface area contributed by atoms with Crippen LogP contribution in [0.15, 0.2) is 4.34 Å². The van der Waals surface area contributed by atoms with Gasteiger partial charge < -0.3 is 10.6 Å². The highest BCUT2D eigenvalue weighted by Gasteiger charge is 2.51. The fourth-order valence-electron chi connectivity index (χ4n) is 5.32. The third kappa shape index (κ3) is 3.72. The molecule has 4 bridgehead atoms. The number of carbonyl (C=O) groups excluding carboxylic acids is 1. The van der Waals surface area contributed by atoms with Gasteiger partial charge in [-0.25, -0.2) is 4.79 Å². The predicted molar refractivity (Wildman–Crippen MR) is 97.4 cm³/mol. The number of carbonyl (C=O) groups is 1. The molecule has 5 nitrogen and oxygen atoms in total. The van der Waals surface area contributed by atoms with E-state index in [-0.39, 0.29) is 11.6 Å². The van der Waals surface area contributed by atoms with E-state index in [2.05, 4.69) is 20.8 Å². The van der Waals surface area contributed by atoms with Gasteiger partial charge in [0.25, 0.3) is 0 Å². The normalized spacial score (nSPS) is 33.6. The Morgan fingerprint density at radius 3 is 2.46 bits per heavy atom. The summed E-state index contributed by atoms with van der Waals surface area (Å²) in [6.45, 7) is 2.70. The van der Waals surface area contributed by atoms with Gasteiger partial charge in [-0.05, 0) is 69.6 Å². The molecule has 4 fully saturated rings. The zero-order valence-corrected chi connectivity index (χ0v) is 15.8. The van der Waals surface area contributed by atoms with E-state index in [1.807, 2.05) is 6.92 Å². The third-order valence-electron chi connectivity index (χ3n) is 5.76. The summed E-state index contributed by atoms with van der Waals surface area (Å²) in [6, 6.07) is 0.0358. The number of nitrogens with one attached hydrogen (secondary N) is 2. The van der Waals surface area contributed by atoms with Crippen LogP contribution in [0.1, 0.15) is 50.0 Å². The Balaban J connectivity index is 1.17. The minimum atomic E-state index is 0.0358. The van der Waals surface area contributed by atoms with Gasteiger partial charge in [-0.3, -0.25) is 0 Å². The first-order chi connectivity index (χ1) is 11.6. The SMILES string of the molecule is Cc1nnc(SCCCNC(=O)NC23CC4CC(CC(C4)C2)C3)s1. The highest BCUT2D eigenvalue weighted by Crippen LogP contribution is 2.55. The van der Waals surface area contributed by atoms with Crippen molar-refractivity contribution in [3.8, 4) is 0 Å². The lowest BCUT2D eigenvalue weighted by Crippen LogP contribution is -2.61. The second-order valence-electron chi connectivity index (χ2n) is 7.87. The van der Waals surface area contributed by atoms with Crippen molar-refractivity contribution < 1.29 is 4.79 Å². The average molecular weight is 367 g/mol. The number of rotatable bonds is 6. The van der Waals surface area contributed by atoms with Gasteiger partial charge in [-0.2, -0.15) is 0 Å². The van der Waals surface area contributed by atoms with E-state index in [0.717, 1.165) is 45.8 Å². The minimum Gasteiger partial charge on any atom is -0.338 e. The molecule has 4 saturated carbocycles.